The van der Waals surface area contributed by atoms with E-state index in [0.29, 0.717) is 0 Å². The zero-order chi connectivity index (χ0) is 23.9. The lowest BCUT2D eigenvalue weighted by molar-refractivity contribution is 0.846. The highest BCUT2D eigenvalue weighted by atomic mass is 32.1. The Bertz CT molecular complexity index is 1040. The van der Waals surface area contributed by atoms with Crippen LogP contribution in [0.1, 0.15) is 36.8 Å². The van der Waals surface area contributed by atoms with Gasteiger partial charge in [0.15, 0.2) is 0 Å². The van der Waals surface area contributed by atoms with Crippen molar-refractivity contribution >= 4 is 36.6 Å². The van der Waals surface area contributed by atoms with E-state index in [2.05, 4.69) is 117 Å². The minimum absolute atomic E-state index is 0.315. The molecule has 2 fully saturated rings. The summed E-state index contributed by atoms with van der Waals surface area (Å²) in [4.78, 5) is 4.34. The van der Waals surface area contributed by atoms with Crippen molar-refractivity contribution in [1.29, 1.82) is 0 Å². The van der Waals surface area contributed by atoms with Crippen molar-refractivity contribution in [2.75, 3.05) is 44.2 Å². The molecule has 0 aliphatic heterocycles. The van der Waals surface area contributed by atoms with Gasteiger partial charge in [-0.3, -0.25) is 0 Å². The molecule has 2 saturated carbocycles. The van der Waals surface area contributed by atoms with Crippen molar-refractivity contribution in [2.24, 2.45) is 0 Å². The molecule has 4 heteroatoms. The first-order chi connectivity index (χ1) is 16.3. The molecule has 2 nitrogen and oxygen atoms in total. The third-order valence-corrected chi connectivity index (χ3v) is 14.7. The van der Waals surface area contributed by atoms with E-state index in [-0.39, 0.29) is 4.75 Å². The Labute approximate surface area is 212 Å². The van der Waals surface area contributed by atoms with Gasteiger partial charge in [-0.1, -0.05) is 42.5 Å². The molecule has 0 unspecified atom stereocenters. The first-order valence-corrected chi connectivity index (χ1v) is 15.1. The summed E-state index contributed by atoms with van der Waals surface area (Å²) in [6.45, 7) is 0. The van der Waals surface area contributed by atoms with E-state index in [0.717, 1.165) is 17.5 Å². The van der Waals surface area contributed by atoms with E-state index < -0.39 is 7.26 Å². The number of hydrogen-bond acceptors (Lipinski definition) is 3. The van der Waals surface area contributed by atoms with Crippen LogP contribution in [0, 0.1) is 0 Å². The highest BCUT2D eigenvalue weighted by molar-refractivity contribution is 7.87. The Morgan fingerprint density at radius 2 is 1.09 bits per heavy atom. The van der Waals surface area contributed by atoms with Gasteiger partial charge in [-0.05, 0) is 73.2 Å². The molecule has 34 heavy (non-hydrogen) atoms. The van der Waals surface area contributed by atoms with Crippen molar-refractivity contribution in [2.45, 2.75) is 41.7 Å². The molecule has 0 saturated heterocycles. The molecular formula is C30H38N2PS+. The van der Waals surface area contributed by atoms with Gasteiger partial charge in [0.1, 0.15) is 0 Å². The largest absolute Gasteiger partial charge is 0.378 e. The predicted octanol–water partition coefficient (Wildman–Crippen LogP) is 6.66. The van der Waals surface area contributed by atoms with Crippen LogP contribution in [0.5, 0.6) is 0 Å². The van der Waals surface area contributed by atoms with Gasteiger partial charge in [0.25, 0.3) is 0 Å². The molecule has 0 amide bonds. The van der Waals surface area contributed by atoms with Crippen LogP contribution < -0.4 is 15.1 Å². The van der Waals surface area contributed by atoms with E-state index in [1.807, 2.05) is 0 Å². The maximum absolute atomic E-state index is 5.66. The molecule has 2 aliphatic carbocycles. The molecule has 2 aliphatic rings. The van der Waals surface area contributed by atoms with Crippen molar-refractivity contribution in [1.82, 2.24) is 0 Å². The normalized spacial score (nSPS) is 16.4. The second-order valence-corrected chi connectivity index (χ2v) is 15.5. The molecular weight excluding hydrogens is 451 g/mol. The molecule has 5 rings (SSSR count). The first-order valence-electron chi connectivity index (χ1n) is 12.6. The van der Waals surface area contributed by atoms with Gasteiger partial charge in [-0.25, -0.2) is 0 Å². The van der Waals surface area contributed by atoms with Crippen LogP contribution in [-0.2, 0) is 4.75 Å². The van der Waals surface area contributed by atoms with Gasteiger partial charge < -0.3 is 9.80 Å². The minimum atomic E-state index is -1.38. The Morgan fingerprint density at radius 3 is 1.44 bits per heavy atom. The van der Waals surface area contributed by atoms with Gasteiger partial charge in [0, 0.05) is 39.6 Å². The number of rotatable bonds is 9. The van der Waals surface area contributed by atoms with Crippen LogP contribution in [0.2, 0.25) is 0 Å². The first kappa shape index (κ1) is 23.8. The van der Waals surface area contributed by atoms with E-state index in [1.54, 1.807) is 5.30 Å². The summed E-state index contributed by atoms with van der Waals surface area (Å²) in [5.74, 6) is 0. The van der Waals surface area contributed by atoms with E-state index in [1.165, 1.54) is 48.2 Å². The molecule has 0 radical (unpaired) electrons. The van der Waals surface area contributed by atoms with Crippen LogP contribution in [0.15, 0.2) is 78.9 Å². The molecule has 0 heterocycles. The summed E-state index contributed by atoms with van der Waals surface area (Å²) in [6, 6.07) is 29.9. The third kappa shape index (κ3) is 4.38. The van der Waals surface area contributed by atoms with Gasteiger partial charge in [0.05, 0.1) is 34.8 Å². The Morgan fingerprint density at radius 1 is 0.676 bits per heavy atom. The fourth-order valence-electron chi connectivity index (χ4n) is 5.64. The van der Waals surface area contributed by atoms with Crippen LogP contribution in [0.3, 0.4) is 0 Å². The van der Waals surface area contributed by atoms with Gasteiger partial charge in [-0.2, -0.15) is 12.6 Å². The summed E-state index contributed by atoms with van der Waals surface area (Å²) in [7, 11) is 7.04. The summed E-state index contributed by atoms with van der Waals surface area (Å²) in [5.41, 5.74) is 6.85. The van der Waals surface area contributed by atoms with Crippen molar-refractivity contribution < 1.29 is 0 Å². The van der Waals surface area contributed by atoms with Crippen molar-refractivity contribution in [3.05, 3.63) is 90.0 Å². The Kier molecular flexibility index (Phi) is 6.46. The Hall–Kier alpha value is -1.96. The quantitative estimate of drug-likeness (QED) is 0.265. The molecule has 3 aromatic rings. The molecule has 0 atom stereocenters. The number of nitrogens with zero attached hydrogens (tertiary/aromatic N) is 2. The molecule has 3 aromatic carbocycles. The smallest absolute Gasteiger partial charge is 0.0967 e. The predicted molar refractivity (Wildman–Crippen MR) is 155 cm³/mol. The van der Waals surface area contributed by atoms with Crippen LogP contribution in [-0.4, -0.2) is 45.7 Å². The number of hydrogen-bond donors (Lipinski definition) is 1. The fraction of sp³-hybridized carbons (Fsp3) is 0.400. The lowest BCUT2D eigenvalue weighted by Gasteiger charge is -2.38. The van der Waals surface area contributed by atoms with Gasteiger partial charge in [0.2, 0.25) is 0 Å². The van der Waals surface area contributed by atoms with Crippen molar-refractivity contribution in [3.63, 3.8) is 0 Å². The lowest BCUT2D eigenvalue weighted by atomic mass is 9.91. The molecule has 178 valence electrons. The zero-order valence-corrected chi connectivity index (χ0v) is 22.8. The lowest BCUT2D eigenvalue weighted by Crippen LogP contribution is -2.34. The Balaban J connectivity index is 1.64. The number of thiol groups is 1. The summed E-state index contributed by atoms with van der Waals surface area (Å²) < 4.78 is -0.315. The summed E-state index contributed by atoms with van der Waals surface area (Å²) in [6.07, 6.45) is 6.71. The number of anilines is 2. The van der Waals surface area contributed by atoms with Gasteiger partial charge >= 0.3 is 0 Å². The maximum atomic E-state index is 5.66. The van der Waals surface area contributed by atoms with Crippen LogP contribution >= 0.6 is 19.9 Å². The molecule has 0 aromatic heterocycles. The summed E-state index contributed by atoms with van der Waals surface area (Å²) in [5, 5.41) is 1.63. The number of benzene rings is 3. The average Bonchev–Trinajstić information content (AvgIpc) is 3.77. The third-order valence-electron chi connectivity index (χ3n) is 7.85. The van der Waals surface area contributed by atoms with Crippen LogP contribution in [0.25, 0.3) is 0 Å². The molecule has 0 bridgehead atoms. The highest BCUT2D eigenvalue weighted by Crippen LogP contribution is 2.80. The zero-order valence-electron chi connectivity index (χ0n) is 21.0. The van der Waals surface area contributed by atoms with Crippen LogP contribution in [0.4, 0.5) is 11.4 Å². The van der Waals surface area contributed by atoms with E-state index in [9.17, 15) is 0 Å². The minimum Gasteiger partial charge on any atom is -0.378 e. The second-order valence-electron chi connectivity index (χ2n) is 10.6. The summed E-state index contributed by atoms with van der Waals surface area (Å²) >= 11 is 5.66. The standard InChI is InChI=1S/C30H37N2PS/c1-31(2)25-14-10-23(11-15-25)30(34,24-12-16-26(17-13-24)32(3)4)22-33(28-18-19-28,29-20-21-29)27-8-6-5-7-9-27/h5-17,28-29H,18-22H2,1-4H3/p+1. The monoisotopic (exact) mass is 489 g/mol. The van der Waals surface area contributed by atoms with Gasteiger partial charge in [-0.15, -0.1) is 0 Å². The second kappa shape index (κ2) is 9.25. The fourth-order valence-corrected chi connectivity index (χ4v) is 12.8. The topological polar surface area (TPSA) is 6.48 Å². The highest BCUT2D eigenvalue weighted by Gasteiger charge is 2.64. The average molecular weight is 490 g/mol. The SMILES string of the molecule is CN(C)c1ccc(C(S)(C[P+](c2ccccc2)(C2CC2)C2CC2)c2ccc(N(C)C)cc2)cc1. The molecule has 0 spiro atoms. The van der Waals surface area contributed by atoms with E-state index in [4.69, 9.17) is 12.6 Å². The van der Waals surface area contributed by atoms with Crippen molar-refractivity contribution in [3.8, 4) is 0 Å². The van der Waals surface area contributed by atoms with E-state index >= 15 is 0 Å². The molecule has 0 N–H and O–H groups in total. The maximum Gasteiger partial charge on any atom is 0.0967 e.